The second-order valence-corrected chi connectivity index (χ2v) is 7.71. The van der Waals surface area contributed by atoms with Crippen molar-refractivity contribution in [2.45, 2.75) is 44.8 Å². The molecule has 158 valence electrons. The van der Waals surface area contributed by atoms with Crippen LogP contribution in [0.3, 0.4) is 0 Å². The number of rotatable bonds is 8. The molecule has 0 saturated heterocycles. The maximum atomic E-state index is 13.5. The summed E-state index contributed by atoms with van der Waals surface area (Å²) in [6.45, 7) is 4.17. The van der Waals surface area contributed by atoms with Crippen LogP contribution in [0.15, 0.2) is 54.7 Å². The molecule has 1 aromatic carbocycles. The van der Waals surface area contributed by atoms with E-state index < -0.39 is 24.6 Å². The molecule has 0 saturated carbocycles. The summed E-state index contributed by atoms with van der Waals surface area (Å²) < 4.78 is 15.5. The summed E-state index contributed by atoms with van der Waals surface area (Å²) in [7, 11) is 0. The molecule has 0 fully saturated rings. The Labute approximate surface area is 174 Å². The van der Waals surface area contributed by atoms with Crippen LogP contribution in [0.2, 0.25) is 0 Å². The molecule has 0 amide bonds. The quantitative estimate of drug-likeness (QED) is 0.511. The molecule has 2 unspecified atom stereocenters. The van der Waals surface area contributed by atoms with Crippen LogP contribution in [0, 0.1) is 5.82 Å². The van der Waals surface area contributed by atoms with E-state index in [1.807, 2.05) is 28.8 Å². The van der Waals surface area contributed by atoms with Crippen molar-refractivity contribution in [1.29, 1.82) is 0 Å². The summed E-state index contributed by atoms with van der Waals surface area (Å²) in [5, 5.41) is 28.9. The van der Waals surface area contributed by atoms with Crippen LogP contribution in [0.25, 0.3) is 22.9 Å². The van der Waals surface area contributed by atoms with E-state index in [2.05, 4.69) is 13.8 Å². The van der Waals surface area contributed by atoms with Crippen molar-refractivity contribution in [2.24, 2.45) is 0 Å². The number of nitrogens with zero attached hydrogens (tertiary/aromatic N) is 1. The van der Waals surface area contributed by atoms with Crippen LogP contribution in [0.1, 0.15) is 43.7 Å². The van der Waals surface area contributed by atoms with Gasteiger partial charge in [0.1, 0.15) is 5.82 Å². The molecular weight excluding hydrogens is 385 g/mol. The number of aliphatic hydroxyl groups excluding tert-OH is 2. The second kappa shape index (κ2) is 9.24. The number of hydrogen-bond donors (Lipinski definition) is 3. The monoisotopic (exact) mass is 411 g/mol. The fourth-order valence-corrected chi connectivity index (χ4v) is 3.78. The van der Waals surface area contributed by atoms with E-state index in [4.69, 9.17) is 5.11 Å². The van der Waals surface area contributed by atoms with Gasteiger partial charge >= 0.3 is 5.97 Å². The molecule has 3 rings (SSSR count). The van der Waals surface area contributed by atoms with Crippen molar-refractivity contribution in [3.63, 3.8) is 0 Å². The van der Waals surface area contributed by atoms with Crippen LogP contribution in [0.4, 0.5) is 4.39 Å². The Hall–Kier alpha value is -2.96. The number of pyridine rings is 1. The highest BCUT2D eigenvalue weighted by Gasteiger charge is 2.20. The first-order valence-corrected chi connectivity index (χ1v) is 9.93. The first-order chi connectivity index (χ1) is 14.3. The van der Waals surface area contributed by atoms with Gasteiger partial charge in [-0.2, -0.15) is 0 Å². The number of carboxylic acids is 1. The van der Waals surface area contributed by atoms with Crippen LogP contribution in [0.5, 0.6) is 0 Å². The van der Waals surface area contributed by atoms with Gasteiger partial charge in [-0.15, -0.1) is 0 Å². The van der Waals surface area contributed by atoms with E-state index in [-0.39, 0.29) is 18.2 Å². The van der Waals surface area contributed by atoms with Crippen LogP contribution in [-0.4, -0.2) is 37.9 Å². The molecule has 0 bridgehead atoms. The third-order valence-corrected chi connectivity index (χ3v) is 5.03. The number of aliphatic hydroxyl groups is 2. The van der Waals surface area contributed by atoms with Crippen molar-refractivity contribution in [1.82, 2.24) is 4.40 Å². The molecule has 2 aromatic heterocycles. The summed E-state index contributed by atoms with van der Waals surface area (Å²) in [5.41, 5.74) is 4.72. The SMILES string of the molecule is CC(C)c1c(/C=C/C(O)CC(O)CC(=O)O)c(-c2ccc(F)cc2)n2ccccc12. The van der Waals surface area contributed by atoms with Gasteiger partial charge in [0.2, 0.25) is 0 Å². The van der Waals surface area contributed by atoms with Gasteiger partial charge < -0.3 is 19.7 Å². The Morgan fingerprint density at radius 3 is 2.47 bits per heavy atom. The summed E-state index contributed by atoms with van der Waals surface area (Å²) >= 11 is 0. The maximum absolute atomic E-state index is 13.5. The Balaban J connectivity index is 2.08. The highest BCUT2D eigenvalue weighted by Crippen LogP contribution is 2.37. The molecule has 30 heavy (non-hydrogen) atoms. The highest BCUT2D eigenvalue weighted by atomic mass is 19.1. The van der Waals surface area contributed by atoms with E-state index in [1.165, 1.54) is 12.1 Å². The van der Waals surface area contributed by atoms with E-state index >= 15 is 0 Å². The summed E-state index contributed by atoms with van der Waals surface area (Å²) in [5.74, 6) is -1.24. The lowest BCUT2D eigenvalue weighted by atomic mass is 9.95. The summed E-state index contributed by atoms with van der Waals surface area (Å²) in [4.78, 5) is 10.7. The predicted octanol–water partition coefficient (Wildman–Crippen LogP) is 4.47. The second-order valence-electron chi connectivity index (χ2n) is 7.71. The number of aromatic nitrogens is 1. The third-order valence-electron chi connectivity index (χ3n) is 5.03. The molecular formula is C24H26FNO4. The van der Waals surface area contributed by atoms with E-state index in [0.29, 0.717) is 0 Å². The standard InChI is InChI=1S/C24H26FNO4/c1-15(2)23-20(11-10-18(27)13-19(28)14-22(29)30)24(16-6-8-17(25)9-7-16)26-12-4-3-5-21(23)26/h3-12,15,18-19,27-28H,13-14H2,1-2H3,(H,29,30)/b11-10+. The topological polar surface area (TPSA) is 82.2 Å². The Kier molecular flexibility index (Phi) is 6.70. The number of carboxylic acid groups (broad SMARTS) is 1. The largest absolute Gasteiger partial charge is 0.481 e. The Bertz CT molecular complexity index is 1050. The van der Waals surface area contributed by atoms with Gasteiger partial charge in [-0.05, 0) is 53.4 Å². The van der Waals surface area contributed by atoms with Crippen molar-refractivity contribution in [2.75, 3.05) is 0 Å². The molecule has 5 nitrogen and oxygen atoms in total. The number of carbonyl (C=O) groups is 1. The van der Waals surface area contributed by atoms with Gasteiger partial charge in [0.05, 0.1) is 24.3 Å². The minimum Gasteiger partial charge on any atom is -0.481 e. The van der Waals surface area contributed by atoms with Gasteiger partial charge in [0.25, 0.3) is 0 Å². The van der Waals surface area contributed by atoms with Crippen molar-refractivity contribution in [3.05, 3.63) is 71.7 Å². The first kappa shape index (κ1) is 21.7. The van der Waals surface area contributed by atoms with E-state index in [1.54, 1.807) is 24.3 Å². The number of aliphatic carboxylic acids is 1. The molecule has 0 radical (unpaired) electrons. The number of benzene rings is 1. The van der Waals surface area contributed by atoms with Crippen molar-refractivity contribution < 1.29 is 24.5 Å². The lowest BCUT2D eigenvalue weighted by Gasteiger charge is -2.12. The van der Waals surface area contributed by atoms with Crippen LogP contribution < -0.4 is 0 Å². The zero-order chi connectivity index (χ0) is 21.8. The molecule has 0 aliphatic carbocycles. The normalized spacial score (nSPS) is 13.9. The minimum absolute atomic E-state index is 0.0704. The van der Waals surface area contributed by atoms with Crippen molar-refractivity contribution >= 4 is 17.6 Å². The molecule has 0 spiro atoms. The van der Waals surface area contributed by atoms with Crippen LogP contribution >= 0.6 is 0 Å². The van der Waals surface area contributed by atoms with Gasteiger partial charge in [0.15, 0.2) is 0 Å². The molecule has 6 heteroatoms. The minimum atomic E-state index is -1.13. The van der Waals surface area contributed by atoms with Gasteiger partial charge in [0, 0.05) is 23.7 Å². The fraction of sp³-hybridized carbons (Fsp3) is 0.292. The number of fused-ring (bicyclic) bond motifs is 1. The molecule has 3 aromatic rings. The highest BCUT2D eigenvalue weighted by molar-refractivity contribution is 5.83. The summed E-state index contributed by atoms with van der Waals surface area (Å²) in [6.07, 6.45) is 2.71. The Morgan fingerprint density at radius 1 is 1.13 bits per heavy atom. The number of halogens is 1. The first-order valence-electron chi connectivity index (χ1n) is 9.93. The third kappa shape index (κ3) is 4.78. The van der Waals surface area contributed by atoms with E-state index in [9.17, 15) is 19.4 Å². The maximum Gasteiger partial charge on any atom is 0.305 e. The van der Waals surface area contributed by atoms with Gasteiger partial charge in [-0.1, -0.05) is 32.1 Å². The fourth-order valence-electron chi connectivity index (χ4n) is 3.78. The lowest BCUT2D eigenvalue weighted by molar-refractivity contribution is -0.139. The average Bonchev–Trinajstić information content (AvgIpc) is 3.00. The van der Waals surface area contributed by atoms with Gasteiger partial charge in [-0.3, -0.25) is 4.79 Å². The lowest BCUT2D eigenvalue weighted by Crippen LogP contribution is -2.19. The average molecular weight is 411 g/mol. The van der Waals surface area contributed by atoms with Gasteiger partial charge in [-0.25, -0.2) is 4.39 Å². The van der Waals surface area contributed by atoms with Crippen molar-refractivity contribution in [3.8, 4) is 11.3 Å². The summed E-state index contributed by atoms with van der Waals surface area (Å²) in [6, 6.07) is 12.2. The zero-order valence-corrected chi connectivity index (χ0v) is 17.0. The molecule has 0 aliphatic rings. The predicted molar refractivity (Wildman–Crippen MR) is 115 cm³/mol. The number of hydrogen-bond acceptors (Lipinski definition) is 3. The molecule has 2 heterocycles. The zero-order valence-electron chi connectivity index (χ0n) is 17.0. The molecule has 3 N–H and O–H groups in total. The molecule has 2 atom stereocenters. The molecule has 0 aliphatic heterocycles. The van der Waals surface area contributed by atoms with Crippen LogP contribution in [-0.2, 0) is 4.79 Å². The Morgan fingerprint density at radius 2 is 1.83 bits per heavy atom. The van der Waals surface area contributed by atoms with E-state index in [0.717, 1.165) is 27.9 Å². The smallest absolute Gasteiger partial charge is 0.305 e.